The number of benzene rings is 1. The van der Waals surface area contributed by atoms with Crippen LogP contribution in [0.25, 0.3) is 10.9 Å². The predicted molar refractivity (Wildman–Crippen MR) is 131 cm³/mol. The number of ether oxygens (including phenoxy) is 1. The van der Waals surface area contributed by atoms with E-state index in [1.54, 1.807) is 6.07 Å². The summed E-state index contributed by atoms with van der Waals surface area (Å²) in [6.45, 7) is 9.91. The van der Waals surface area contributed by atoms with E-state index >= 15 is 0 Å². The highest BCUT2D eigenvalue weighted by atomic mass is 19.1. The number of fused-ring (bicyclic) bond motifs is 1. The van der Waals surface area contributed by atoms with Gasteiger partial charge < -0.3 is 35.5 Å². The number of nitrogens with one attached hydrogen (secondary N) is 1. The minimum absolute atomic E-state index is 0.0000658. The van der Waals surface area contributed by atoms with Gasteiger partial charge in [-0.25, -0.2) is 4.39 Å². The van der Waals surface area contributed by atoms with Crippen molar-refractivity contribution in [1.29, 1.82) is 0 Å². The lowest BCUT2D eigenvalue weighted by atomic mass is 9.90. The number of esters is 1. The van der Waals surface area contributed by atoms with Crippen molar-refractivity contribution in [2.45, 2.75) is 51.7 Å². The lowest BCUT2D eigenvalue weighted by Crippen LogP contribution is -2.41. The second-order valence-electron chi connectivity index (χ2n) is 9.84. The molecule has 190 valence electrons. The first-order valence-corrected chi connectivity index (χ1v) is 12.1. The summed E-state index contributed by atoms with van der Waals surface area (Å²) in [5.74, 6) is -0.591. The third-order valence-electron chi connectivity index (χ3n) is 6.69. The fraction of sp³-hybridized carbons (Fsp3) is 0.640. The number of piperidine rings is 1. The van der Waals surface area contributed by atoms with Crippen molar-refractivity contribution in [2.24, 2.45) is 5.92 Å². The second kappa shape index (κ2) is 11.5. The van der Waals surface area contributed by atoms with Gasteiger partial charge in [-0.1, -0.05) is 13.8 Å². The number of aliphatic hydroxyl groups is 2. The van der Waals surface area contributed by atoms with E-state index in [0.717, 1.165) is 43.6 Å². The first-order valence-electron chi connectivity index (χ1n) is 12.1. The molecule has 1 atom stereocenters. The fourth-order valence-electron chi connectivity index (χ4n) is 4.57. The third kappa shape index (κ3) is 6.27. The van der Waals surface area contributed by atoms with Crippen molar-refractivity contribution in [1.82, 2.24) is 14.8 Å². The second-order valence-corrected chi connectivity index (χ2v) is 9.84. The van der Waals surface area contributed by atoms with Crippen molar-refractivity contribution in [3.05, 3.63) is 29.7 Å². The van der Waals surface area contributed by atoms with Gasteiger partial charge in [0.25, 0.3) is 0 Å². The van der Waals surface area contributed by atoms with E-state index in [1.807, 2.05) is 31.4 Å². The molecule has 1 fully saturated rings. The SMILES string of the molecule is CCOC(=O)C1CCN(CCNCC(O)Cn2c(C(C)(C)CO)cc3cc(N)c(F)cc32)CC1. The van der Waals surface area contributed by atoms with Gasteiger partial charge in [0, 0.05) is 42.2 Å². The van der Waals surface area contributed by atoms with Gasteiger partial charge in [0.2, 0.25) is 0 Å². The van der Waals surface area contributed by atoms with Crippen molar-refractivity contribution in [2.75, 3.05) is 51.7 Å². The van der Waals surface area contributed by atoms with Crippen LogP contribution in [0, 0.1) is 11.7 Å². The summed E-state index contributed by atoms with van der Waals surface area (Å²) in [6.07, 6.45) is 0.929. The predicted octanol–water partition coefficient (Wildman–Crippen LogP) is 1.86. The van der Waals surface area contributed by atoms with E-state index in [0.29, 0.717) is 25.2 Å². The molecule has 8 nitrogen and oxygen atoms in total. The number of nitrogens with zero attached hydrogens (tertiary/aromatic N) is 2. The number of anilines is 1. The fourth-order valence-corrected chi connectivity index (χ4v) is 4.57. The molecule has 1 aromatic carbocycles. The zero-order chi connectivity index (χ0) is 24.9. The van der Waals surface area contributed by atoms with Crippen LogP contribution in [0.2, 0.25) is 0 Å². The summed E-state index contributed by atoms with van der Waals surface area (Å²) in [5, 5.41) is 24.7. The Balaban J connectivity index is 1.54. The number of nitrogen functional groups attached to an aromatic ring is 1. The van der Waals surface area contributed by atoms with Crippen LogP contribution in [0.5, 0.6) is 0 Å². The highest BCUT2D eigenvalue weighted by Crippen LogP contribution is 2.32. The highest BCUT2D eigenvalue weighted by molar-refractivity contribution is 5.85. The van der Waals surface area contributed by atoms with Crippen LogP contribution in [-0.2, 0) is 21.5 Å². The number of rotatable bonds is 11. The van der Waals surface area contributed by atoms with Crippen molar-refractivity contribution in [3.8, 4) is 0 Å². The topological polar surface area (TPSA) is 113 Å². The Morgan fingerprint density at radius 1 is 1.32 bits per heavy atom. The molecule has 0 spiro atoms. The Morgan fingerprint density at radius 3 is 2.68 bits per heavy atom. The molecule has 0 aliphatic carbocycles. The average molecular weight is 479 g/mol. The molecule has 0 saturated carbocycles. The normalized spacial score (nSPS) is 16.8. The summed E-state index contributed by atoms with van der Waals surface area (Å²) in [7, 11) is 0. The van der Waals surface area contributed by atoms with Gasteiger partial charge in [0.1, 0.15) is 5.82 Å². The van der Waals surface area contributed by atoms with Crippen LogP contribution in [0.4, 0.5) is 10.1 Å². The standard InChI is InChI=1S/C25H39FN4O4/c1-4-34-24(33)17-5-8-29(9-6-17)10-7-28-14-19(32)15-30-22-13-20(26)21(27)11-18(22)12-23(30)25(2,3)16-31/h11-13,17,19,28,31-32H,4-10,14-16,27H2,1-3H3. The highest BCUT2D eigenvalue weighted by Gasteiger charge is 2.27. The van der Waals surface area contributed by atoms with Gasteiger partial charge in [-0.2, -0.15) is 0 Å². The first-order chi connectivity index (χ1) is 16.2. The number of aliphatic hydroxyl groups excluding tert-OH is 2. The van der Waals surface area contributed by atoms with Gasteiger partial charge in [0.15, 0.2) is 0 Å². The summed E-state index contributed by atoms with van der Waals surface area (Å²) >= 11 is 0. The van der Waals surface area contributed by atoms with Crippen molar-refractivity contribution >= 4 is 22.6 Å². The Kier molecular flexibility index (Phi) is 8.92. The Morgan fingerprint density at radius 2 is 2.03 bits per heavy atom. The molecule has 1 aliphatic rings. The number of hydrogen-bond donors (Lipinski definition) is 4. The molecular formula is C25H39FN4O4. The lowest BCUT2D eigenvalue weighted by Gasteiger charge is -2.31. The third-order valence-corrected chi connectivity index (χ3v) is 6.69. The minimum Gasteiger partial charge on any atom is -0.466 e. The number of hydrogen-bond acceptors (Lipinski definition) is 7. The van der Waals surface area contributed by atoms with E-state index in [9.17, 15) is 19.4 Å². The first kappa shape index (κ1) is 26.4. The van der Waals surface area contributed by atoms with Crippen LogP contribution < -0.4 is 11.1 Å². The van der Waals surface area contributed by atoms with Gasteiger partial charge in [-0.3, -0.25) is 4.79 Å². The summed E-state index contributed by atoms with van der Waals surface area (Å²) in [4.78, 5) is 14.2. The molecule has 34 heavy (non-hydrogen) atoms. The summed E-state index contributed by atoms with van der Waals surface area (Å²) in [5.41, 5.74) is 6.72. The monoisotopic (exact) mass is 478 g/mol. The summed E-state index contributed by atoms with van der Waals surface area (Å²) < 4.78 is 21.2. The van der Waals surface area contributed by atoms with Crippen LogP contribution in [0.1, 0.15) is 39.3 Å². The van der Waals surface area contributed by atoms with E-state index in [4.69, 9.17) is 10.5 Å². The maximum absolute atomic E-state index is 14.2. The zero-order valence-electron chi connectivity index (χ0n) is 20.5. The number of nitrogens with two attached hydrogens (primary N) is 1. The van der Waals surface area contributed by atoms with E-state index < -0.39 is 17.3 Å². The lowest BCUT2D eigenvalue weighted by molar-refractivity contribution is -0.149. The maximum atomic E-state index is 14.2. The van der Waals surface area contributed by atoms with Gasteiger partial charge in [0.05, 0.1) is 43.0 Å². The van der Waals surface area contributed by atoms with Crippen LogP contribution in [0.15, 0.2) is 18.2 Å². The molecule has 0 bridgehead atoms. The molecule has 1 unspecified atom stereocenters. The molecule has 1 aromatic heterocycles. The maximum Gasteiger partial charge on any atom is 0.309 e. The van der Waals surface area contributed by atoms with E-state index in [1.165, 1.54) is 6.07 Å². The molecule has 2 aromatic rings. The molecule has 2 heterocycles. The number of halogens is 1. The van der Waals surface area contributed by atoms with Crippen molar-refractivity contribution in [3.63, 3.8) is 0 Å². The smallest absolute Gasteiger partial charge is 0.309 e. The van der Waals surface area contributed by atoms with Gasteiger partial charge in [-0.05, 0) is 45.0 Å². The van der Waals surface area contributed by atoms with Crippen LogP contribution >= 0.6 is 0 Å². The molecule has 5 N–H and O–H groups in total. The molecule has 0 amide bonds. The van der Waals surface area contributed by atoms with E-state index in [2.05, 4.69) is 10.2 Å². The molecule has 0 radical (unpaired) electrons. The number of carbonyl (C=O) groups is 1. The number of likely N-dealkylation sites (tertiary alicyclic amines) is 1. The molecule has 9 heteroatoms. The largest absolute Gasteiger partial charge is 0.466 e. The van der Waals surface area contributed by atoms with Gasteiger partial charge in [-0.15, -0.1) is 0 Å². The Hall–Kier alpha value is -2.20. The van der Waals surface area contributed by atoms with Crippen molar-refractivity contribution < 1.29 is 24.1 Å². The van der Waals surface area contributed by atoms with Gasteiger partial charge >= 0.3 is 5.97 Å². The molecule has 1 aliphatic heterocycles. The van der Waals surface area contributed by atoms with Crippen LogP contribution in [0.3, 0.4) is 0 Å². The Bertz CT molecular complexity index is 969. The zero-order valence-corrected chi connectivity index (χ0v) is 20.5. The Labute approximate surface area is 200 Å². The quantitative estimate of drug-likeness (QED) is 0.222. The summed E-state index contributed by atoms with van der Waals surface area (Å²) in [6, 6.07) is 4.89. The molecule has 1 saturated heterocycles. The van der Waals surface area contributed by atoms with E-state index in [-0.39, 0.29) is 30.7 Å². The molecule has 3 rings (SSSR count). The van der Waals surface area contributed by atoms with Crippen LogP contribution in [-0.4, -0.2) is 77.7 Å². The average Bonchev–Trinajstić information content (AvgIpc) is 3.15. The number of aromatic nitrogens is 1. The molecular weight excluding hydrogens is 439 g/mol. The number of carbonyl (C=O) groups excluding carboxylic acids is 1. The minimum atomic E-state index is -0.695.